The van der Waals surface area contributed by atoms with Crippen molar-refractivity contribution in [2.45, 2.75) is 31.5 Å². The Morgan fingerprint density at radius 3 is 2.69 bits per heavy atom. The number of alkyl halides is 3. The smallest absolute Gasteiger partial charge is 0.393 e. The molecule has 0 spiro atoms. The second kappa shape index (κ2) is 8.45. The second-order valence-corrected chi connectivity index (χ2v) is 6.72. The number of anilines is 2. The third-order valence-electron chi connectivity index (χ3n) is 4.77. The van der Waals surface area contributed by atoms with E-state index < -0.39 is 29.3 Å². The lowest BCUT2D eigenvalue weighted by molar-refractivity contribution is -0.137. The van der Waals surface area contributed by atoms with Crippen molar-refractivity contribution in [2.24, 2.45) is 5.92 Å². The molecular formula is C19H18F3N5O2. The van der Waals surface area contributed by atoms with E-state index in [0.717, 1.165) is 37.5 Å². The van der Waals surface area contributed by atoms with Crippen molar-refractivity contribution in [3.8, 4) is 6.07 Å². The fourth-order valence-corrected chi connectivity index (χ4v) is 3.27. The van der Waals surface area contributed by atoms with E-state index in [2.05, 4.69) is 20.6 Å². The van der Waals surface area contributed by atoms with Crippen LogP contribution in [0.2, 0.25) is 0 Å². The molecule has 1 aliphatic carbocycles. The number of aliphatic hydroxyl groups is 1. The summed E-state index contributed by atoms with van der Waals surface area (Å²) >= 11 is 0. The first-order chi connectivity index (χ1) is 13.8. The number of carbonyl (C=O) groups excluding carboxylic acids is 1. The van der Waals surface area contributed by atoms with Crippen LogP contribution in [0.1, 0.15) is 40.9 Å². The van der Waals surface area contributed by atoms with Crippen LogP contribution in [0.25, 0.3) is 0 Å². The van der Waals surface area contributed by atoms with Gasteiger partial charge in [0.2, 0.25) is 0 Å². The molecule has 0 aliphatic heterocycles. The first-order valence-electron chi connectivity index (χ1n) is 8.95. The number of aliphatic hydroxyl groups excluding tert-OH is 1. The van der Waals surface area contributed by atoms with Gasteiger partial charge in [0.05, 0.1) is 23.3 Å². The fourth-order valence-electron chi connectivity index (χ4n) is 3.27. The predicted octanol–water partition coefficient (Wildman–Crippen LogP) is 3.19. The minimum absolute atomic E-state index is 0.0300. The molecule has 1 fully saturated rings. The Kier molecular flexibility index (Phi) is 5.98. The van der Waals surface area contributed by atoms with Crippen LogP contribution in [-0.2, 0) is 6.18 Å². The van der Waals surface area contributed by atoms with Crippen LogP contribution in [0.4, 0.5) is 24.7 Å². The largest absolute Gasteiger partial charge is 0.417 e. The van der Waals surface area contributed by atoms with E-state index in [4.69, 9.17) is 5.26 Å². The van der Waals surface area contributed by atoms with Gasteiger partial charge in [-0.1, -0.05) is 6.42 Å². The molecule has 0 bridgehead atoms. The lowest BCUT2D eigenvalue weighted by atomic mass is 10.1. The molecule has 2 aromatic rings. The topological polar surface area (TPSA) is 111 Å². The average molecular weight is 405 g/mol. The van der Waals surface area contributed by atoms with Crippen molar-refractivity contribution in [1.82, 2.24) is 9.97 Å². The third kappa shape index (κ3) is 4.81. The highest BCUT2D eigenvalue weighted by Gasteiger charge is 2.33. The molecule has 29 heavy (non-hydrogen) atoms. The number of rotatable bonds is 5. The van der Waals surface area contributed by atoms with E-state index in [1.807, 2.05) is 0 Å². The first kappa shape index (κ1) is 20.5. The first-order valence-corrected chi connectivity index (χ1v) is 8.95. The van der Waals surface area contributed by atoms with E-state index in [1.54, 1.807) is 0 Å². The highest BCUT2D eigenvalue weighted by molar-refractivity contribution is 6.06. The molecule has 10 heteroatoms. The van der Waals surface area contributed by atoms with Crippen LogP contribution in [0, 0.1) is 17.2 Å². The summed E-state index contributed by atoms with van der Waals surface area (Å²) in [5.41, 5.74) is -1.68. The van der Waals surface area contributed by atoms with Gasteiger partial charge in [-0.05, 0) is 31.0 Å². The number of hydrogen-bond donors (Lipinski definition) is 3. The van der Waals surface area contributed by atoms with Crippen molar-refractivity contribution >= 4 is 17.4 Å². The van der Waals surface area contributed by atoms with Crippen molar-refractivity contribution in [1.29, 1.82) is 5.26 Å². The molecule has 7 nitrogen and oxygen atoms in total. The van der Waals surface area contributed by atoms with Crippen LogP contribution in [0.3, 0.4) is 0 Å². The van der Waals surface area contributed by atoms with E-state index in [0.29, 0.717) is 6.54 Å². The Morgan fingerprint density at radius 1 is 1.28 bits per heavy atom. The molecule has 1 aromatic carbocycles. The summed E-state index contributed by atoms with van der Waals surface area (Å²) in [6.07, 6.45) is 0.159. The second-order valence-electron chi connectivity index (χ2n) is 6.72. The normalized spacial score (nSPS) is 18.9. The summed E-state index contributed by atoms with van der Waals surface area (Å²) < 4.78 is 38.7. The number of nitrogens with zero attached hydrogens (tertiary/aromatic N) is 3. The fraction of sp³-hybridized carbons (Fsp3) is 0.368. The van der Waals surface area contributed by atoms with E-state index in [9.17, 15) is 23.1 Å². The monoisotopic (exact) mass is 405 g/mol. The molecule has 3 rings (SSSR count). The van der Waals surface area contributed by atoms with Crippen molar-refractivity contribution in [3.63, 3.8) is 0 Å². The van der Waals surface area contributed by atoms with Gasteiger partial charge in [-0.15, -0.1) is 0 Å². The van der Waals surface area contributed by atoms with Gasteiger partial charge >= 0.3 is 6.18 Å². The maximum atomic E-state index is 12.9. The molecule has 3 N–H and O–H groups in total. The Labute approximate surface area is 164 Å². The molecular weight excluding hydrogens is 387 g/mol. The van der Waals surface area contributed by atoms with Gasteiger partial charge < -0.3 is 15.7 Å². The highest BCUT2D eigenvalue weighted by atomic mass is 19.4. The van der Waals surface area contributed by atoms with Crippen molar-refractivity contribution < 1.29 is 23.1 Å². The van der Waals surface area contributed by atoms with Gasteiger partial charge in [-0.25, -0.2) is 9.97 Å². The minimum atomic E-state index is -4.67. The minimum Gasteiger partial charge on any atom is -0.393 e. The maximum absolute atomic E-state index is 12.9. The van der Waals surface area contributed by atoms with Crippen LogP contribution >= 0.6 is 0 Å². The van der Waals surface area contributed by atoms with Gasteiger partial charge in [0.25, 0.3) is 5.91 Å². The summed E-state index contributed by atoms with van der Waals surface area (Å²) in [6, 6.07) is 4.26. The molecule has 1 amide bonds. The summed E-state index contributed by atoms with van der Waals surface area (Å²) in [7, 11) is 0. The van der Waals surface area contributed by atoms with Gasteiger partial charge in [0.1, 0.15) is 0 Å². The Hall–Kier alpha value is -3.19. The summed E-state index contributed by atoms with van der Waals surface area (Å²) in [4.78, 5) is 20.7. The van der Waals surface area contributed by atoms with Crippen molar-refractivity contribution in [2.75, 3.05) is 17.2 Å². The lowest BCUT2D eigenvalue weighted by Gasteiger charge is -2.16. The number of carbonyl (C=O) groups is 1. The lowest BCUT2D eigenvalue weighted by Crippen LogP contribution is -2.24. The van der Waals surface area contributed by atoms with Gasteiger partial charge in [-0.2, -0.15) is 18.4 Å². The molecule has 0 unspecified atom stereocenters. The molecule has 2 atom stereocenters. The molecule has 1 aromatic heterocycles. The number of amides is 1. The number of nitrogens with one attached hydrogen (secondary N) is 2. The van der Waals surface area contributed by atoms with E-state index in [-0.39, 0.29) is 23.1 Å². The van der Waals surface area contributed by atoms with Crippen LogP contribution in [-0.4, -0.2) is 33.6 Å². The van der Waals surface area contributed by atoms with Crippen LogP contribution < -0.4 is 10.6 Å². The zero-order chi connectivity index (χ0) is 21.0. The quantitative estimate of drug-likeness (QED) is 0.705. The molecule has 1 aliphatic rings. The molecule has 0 saturated heterocycles. The SMILES string of the molecule is N#Cc1cc(NC(=O)c2nccnc2NC[C@@H]2CCC[C@@H]2O)ccc1C(F)(F)F. The Morgan fingerprint density at radius 2 is 2.03 bits per heavy atom. The van der Waals surface area contributed by atoms with E-state index in [1.165, 1.54) is 18.5 Å². The number of aromatic nitrogens is 2. The third-order valence-corrected chi connectivity index (χ3v) is 4.77. The zero-order valence-corrected chi connectivity index (χ0v) is 15.2. The van der Waals surface area contributed by atoms with Crippen LogP contribution in [0.5, 0.6) is 0 Å². The number of benzene rings is 1. The number of hydrogen-bond acceptors (Lipinski definition) is 6. The average Bonchev–Trinajstić information content (AvgIpc) is 3.10. The van der Waals surface area contributed by atoms with Gasteiger partial charge in [0, 0.05) is 30.5 Å². The van der Waals surface area contributed by atoms with E-state index >= 15 is 0 Å². The van der Waals surface area contributed by atoms with Crippen LogP contribution in [0.15, 0.2) is 30.6 Å². The number of nitriles is 1. The Bertz CT molecular complexity index is 942. The molecule has 1 heterocycles. The summed E-state index contributed by atoms with van der Waals surface area (Å²) in [5.74, 6) is -0.436. The maximum Gasteiger partial charge on any atom is 0.417 e. The van der Waals surface area contributed by atoms with Gasteiger partial charge in [-0.3, -0.25) is 4.79 Å². The molecule has 1 saturated carbocycles. The Balaban J connectivity index is 1.75. The van der Waals surface area contributed by atoms with Gasteiger partial charge in [0.15, 0.2) is 11.5 Å². The van der Waals surface area contributed by atoms with Crippen molar-refractivity contribution in [3.05, 3.63) is 47.4 Å². The number of halogens is 3. The molecule has 0 radical (unpaired) electrons. The standard InChI is InChI=1S/C19H18F3N5O2/c20-19(21,22)14-5-4-13(8-12(14)9-23)27-18(29)16-17(25-7-6-24-16)26-10-11-2-1-3-15(11)28/h4-8,11,15,28H,1-3,10H2,(H,25,26)(H,27,29)/t11-,15-/m0/s1. The summed E-state index contributed by atoms with van der Waals surface area (Å²) in [6.45, 7) is 0.416. The summed E-state index contributed by atoms with van der Waals surface area (Å²) in [5, 5.41) is 24.3. The molecule has 152 valence electrons. The highest BCUT2D eigenvalue weighted by Crippen LogP contribution is 2.33. The predicted molar refractivity (Wildman–Crippen MR) is 98.0 cm³/mol. The zero-order valence-electron chi connectivity index (χ0n) is 15.2.